The summed E-state index contributed by atoms with van der Waals surface area (Å²) in [5, 5.41) is 0. The number of carbonyl (C=O) groups excluding carboxylic acids is 3. The van der Waals surface area contributed by atoms with Gasteiger partial charge in [-0.05, 0) is 36.9 Å². The van der Waals surface area contributed by atoms with E-state index in [0.29, 0.717) is 30.1 Å². The average molecular weight is 455 g/mol. The van der Waals surface area contributed by atoms with Crippen molar-refractivity contribution in [2.24, 2.45) is 0 Å². The lowest BCUT2D eigenvalue weighted by molar-refractivity contribution is -0.133. The summed E-state index contributed by atoms with van der Waals surface area (Å²) in [6.07, 6.45) is 0. The fourth-order valence-electron chi connectivity index (χ4n) is 3.89. The third-order valence-electron chi connectivity index (χ3n) is 5.86. The van der Waals surface area contributed by atoms with Gasteiger partial charge in [0.25, 0.3) is 5.91 Å². The van der Waals surface area contributed by atoms with Crippen LogP contribution in [0.15, 0.2) is 42.5 Å². The van der Waals surface area contributed by atoms with Crippen molar-refractivity contribution >= 4 is 23.3 Å². The van der Waals surface area contributed by atoms with Crippen LogP contribution in [0.1, 0.15) is 17.3 Å². The van der Waals surface area contributed by atoms with Gasteiger partial charge in [0.15, 0.2) is 19.0 Å². The maximum absolute atomic E-state index is 13.3. The van der Waals surface area contributed by atoms with E-state index in [0.717, 1.165) is 19.6 Å². The van der Waals surface area contributed by atoms with Crippen molar-refractivity contribution in [1.82, 2.24) is 9.80 Å². The summed E-state index contributed by atoms with van der Waals surface area (Å²) in [7, 11) is 0. The lowest BCUT2D eigenvalue weighted by Gasteiger charge is -2.36. The number of ketones is 1. The van der Waals surface area contributed by atoms with Gasteiger partial charge in [-0.1, -0.05) is 13.0 Å². The maximum Gasteiger partial charge on any atom is 0.265 e. The van der Waals surface area contributed by atoms with Crippen molar-refractivity contribution in [2.75, 3.05) is 57.4 Å². The van der Waals surface area contributed by atoms with Gasteiger partial charge in [-0.25, -0.2) is 4.39 Å². The number of hydrogen-bond acceptors (Lipinski definition) is 6. The van der Waals surface area contributed by atoms with Gasteiger partial charge >= 0.3 is 0 Å². The number of benzene rings is 2. The van der Waals surface area contributed by atoms with Crippen molar-refractivity contribution < 1.29 is 28.2 Å². The molecule has 0 radical (unpaired) electrons. The molecule has 1 fully saturated rings. The van der Waals surface area contributed by atoms with Gasteiger partial charge in [0.1, 0.15) is 23.9 Å². The molecule has 8 nitrogen and oxygen atoms in total. The van der Waals surface area contributed by atoms with Crippen molar-refractivity contribution in [3.05, 3.63) is 53.8 Å². The highest BCUT2D eigenvalue weighted by Crippen LogP contribution is 2.33. The highest BCUT2D eigenvalue weighted by Gasteiger charge is 2.30. The number of carbonyl (C=O) groups is 3. The van der Waals surface area contributed by atoms with Crippen molar-refractivity contribution in [1.29, 1.82) is 0 Å². The second-order valence-electron chi connectivity index (χ2n) is 7.94. The van der Waals surface area contributed by atoms with E-state index in [4.69, 9.17) is 9.47 Å². The fraction of sp³-hybridized carbons (Fsp3) is 0.375. The summed E-state index contributed by atoms with van der Waals surface area (Å²) < 4.78 is 24.2. The van der Waals surface area contributed by atoms with Crippen LogP contribution in [0, 0.1) is 5.82 Å². The van der Waals surface area contributed by atoms with E-state index in [1.54, 1.807) is 23.1 Å². The van der Waals surface area contributed by atoms with Gasteiger partial charge in [0.05, 0.1) is 5.69 Å². The van der Waals surface area contributed by atoms with Gasteiger partial charge in [0.2, 0.25) is 5.91 Å². The molecule has 0 unspecified atom stereocenters. The highest BCUT2D eigenvalue weighted by molar-refractivity contribution is 6.04. The normalized spacial score (nSPS) is 16.2. The number of halogens is 1. The molecule has 33 heavy (non-hydrogen) atoms. The standard InChI is InChI=1S/C24H26FN3O5/c1-2-26-8-10-27(11-9-26)23(30)14-28-20-12-17(6-7-22(20)33-16-24(28)31)21(29)15-32-19-5-3-4-18(25)13-19/h3-7,12-13H,2,8-11,14-16H2,1H3. The van der Waals surface area contributed by atoms with Crippen LogP contribution in [0.4, 0.5) is 10.1 Å². The maximum atomic E-state index is 13.3. The molecule has 0 N–H and O–H groups in total. The van der Waals surface area contributed by atoms with E-state index in [-0.39, 0.29) is 43.1 Å². The minimum Gasteiger partial charge on any atom is -0.485 e. The SMILES string of the molecule is CCN1CCN(C(=O)CN2C(=O)COc3ccc(C(=O)COc4cccc(F)c4)cc32)CC1. The zero-order valence-electron chi connectivity index (χ0n) is 18.5. The summed E-state index contributed by atoms with van der Waals surface area (Å²) in [5.41, 5.74) is 0.681. The number of piperazine rings is 1. The molecule has 2 heterocycles. The third kappa shape index (κ3) is 5.31. The molecule has 0 aromatic heterocycles. The van der Waals surface area contributed by atoms with Crippen LogP contribution in [0.5, 0.6) is 11.5 Å². The molecular weight excluding hydrogens is 429 g/mol. The van der Waals surface area contributed by atoms with E-state index in [1.165, 1.54) is 29.2 Å². The molecule has 0 atom stereocenters. The van der Waals surface area contributed by atoms with Gasteiger partial charge < -0.3 is 19.3 Å². The number of likely N-dealkylation sites (N-methyl/N-ethyl adjacent to an activating group) is 1. The number of ether oxygens (including phenoxy) is 2. The zero-order valence-corrected chi connectivity index (χ0v) is 18.5. The lowest BCUT2D eigenvalue weighted by Crippen LogP contribution is -2.52. The molecule has 0 spiro atoms. The zero-order chi connectivity index (χ0) is 23.4. The van der Waals surface area contributed by atoms with Crippen LogP contribution in [0.25, 0.3) is 0 Å². The Kier molecular flexibility index (Phi) is 6.88. The number of Topliss-reactive ketones (excluding diaryl/α,β-unsaturated/α-hetero) is 1. The first-order valence-corrected chi connectivity index (χ1v) is 10.9. The molecule has 2 aromatic rings. The van der Waals surface area contributed by atoms with Crippen LogP contribution < -0.4 is 14.4 Å². The monoisotopic (exact) mass is 455 g/mol. The van der Waals surface area contributed by atoms with Gasteiger partial charge in [-0.3, -0.25) is 19.3 Å². The fourth-order valence-corrected chi connectivity index (χ4v) is 3.89. The first kappa shape index (κ1) is 22.7. The topological polar surface area (TPSA) is 79.4 Å². The molecule has 2 aliphatic rings. The number of hydrogen-bond donors (Lipinski definition) is 0. The summed E-state index contributed by atoms with van der Waals surface area (Å²) in [6.45, 7) is 5.30. The third-order valence-corrected chi connectivity index (χ3v) is 5.86. The molecular formula is C24H26FN3O5. The van der Waals surface area contributed by atoms with Gasteiger partial charge in [-0.2, -0.15) is 0 Å². The number of amides is 2. The molecule has 2 amide bonds. The smallest absolute Gasteiger partial charge is 0.265 e. The Morgan fingerprint density at radius 2 is 1.88 bits per heavy atom. The van der Waals surface area contributed by atoms with Crippen LogP contribution in [0.3, 0.4) is 0 Å². The van der Waals surface area contributed by atoms with Crippen LogP contribution in [0.2, 0.25) is 0 Å². The van der Waals surface area contributed by atoms with Crippen LogP contribution in [-0.4, -0.2) is 79.9 Å². The van der Waals surface area contributed by atoms with E-state index in [1.807, 2.05) is 0 Å². The summed E-state index contributed by atoms with van der Waals surface area (Å²) in [6, 6.07) is 10.3. The van der Waals surface area contributed by atoms with Crippen LogP contribution in [-0.2, 0) is 9.59 Å². The Labute approximate surface area is 191 Å². The predicted molar refractivity (Wildman–Crippen MR) is 119 cm³/mol. The molecule has 0 saturated carbocycles. The number of anilines is 1. The lowest BCUT2D eigenvalue weighted by atomic mass is 10.1. The first-order valence-electron chi connectivity index (χ1n) is 10.9. The Morgan fingerprint density at radius 3 is 2.61 bits per heavy atom. The number of nitrogens with zero attached hydrogens (tertiary/aromatic N) is 3. The minimum atomic E-state index is -0.458. The van der Waals surface area contributed by atoms with Crippen molar-refractivity contribution in [2.45, 2.75) is 6.92 Å². The summed E-state index contributed by atoms with van der Waals surface area (Å²) >= 11 is 0. The van der Waals surface area contributed by atoms with Crippen LogP contribution >= 0.6 is 0 Å². The predicted octanol–water partition coefficient (Wildman–Crippen LogP) is 1.98. The second-order valence-corrected chi connectivity index (χ2v) is 7.94. The highest BCUT2D eigenvalue weighted by atomic mass is 19.1. The molecule has 2 aliphatic heterocycles. The first-order chi connectivity index (χ1) is 15.9. The van der Waals surface area contributed by atoms with E-state index in [2.05, 4.69) is 11.8 Å². The number of rotatable bonds is 7. The second kappa shape index (κ2) is 9.99. The molecule has 0 bridgehead atoms. The minimum absolute atomic E-state index is 0.112. The van der Waals surface area contributed by atoms with Crippen molar-refractivity contribution in [3.63, 3.8) is 0 Å². The Hall–Kier alpha value is -3.46. The molecule has 9 heteroatoms. The van der Waals surface area contributed by atoms with Crippen molar-refractivity contribution in [3.8, 4) is 11.5 Å². The Bertz CT molecular complexity index is 1050. The quantitative estimate of drug-likeness (QED) is 0.594. The van der Waals surface area contributed by atoms with E-state index >= 15 is 0 Å². The number of fused-ring (bicyclic) bond motifs is 1. The van der Waals surface area contributed by atoms with E-state index < -0.39 is 5.82 Å². The Balaban J connectivity index is 1.46. The van der Waals surface area contributed by atoms with E-state index in [9.17, 15) is 18.8 Å². The molecule has 4 rings (SSSR count). The summed E-state index contributed by atoms with van der Waals surface area (Å²) in [5.74, 6) is -0.611. The molecule has 1 saturated heterocycles. The Morgan fingerprint density at radius 1 is 1.09 bits per heavy atom. The van der Waals surface area contributed by atoms with Gasteiger partial charge in [0, 0.05) is 37.8 Å². The molecule has 174 valence electrons. The summed E-state index contributed by atoms with van der Waals surface area (Å²) in [4.78, 5) is 43.5. The van der Waals surface area contributed by atoms with Gasteiger partial charge in [-0.15, -0.1) is 0 Å². The largest absolute Gasteiger partial charge is 0.485 e. The molecule has 2 aromatic carbocycles. The average Bonchev–Trinajstić information content (AvgIpc) is 2.84. The molecule has 0 aliphatic carbocycles.